The van der Waals surface area contributed by atoms with E-state index >= 15 is 0 Å². The van der Waals surface area contributed by atoms with Gasteiger partial charge in [-0.2, -0.15) is 0 Å². The van der Waals surface area contributed by atoms with Gasteiger partial charge in [0.25, 0.3) is 0 Å². The number of amides is 2. The second kappa shape index (κ2) is 7.28. The quantitative estimate of drug-likeness (QED) is 0.908. The minimum atomic E-state index is -0.172. The molecule has 112 valence electrons. The van der Waals surface area contributed by atoms with Gasteiger partial charge in [0.05, 0.1) is 29.9 Å². The van der Waals surface area contributed by atoms with Crippen LogP contribution in [0.3, 0.4) is 0 Å². The number of pyridine rings is 1. The highest BCUT2D eigenvalue weighted by molar-refractivity contribution is 7.16. The molecular formula is C14H16ClN3O2S. The van der Waals surface area contributed by atoms with Crippen molar-refractivity contribution >= 4 is 34.7 Å². The van der Waals surface area contributed by atoms with Crippen molar-refractivity contribution in [3.05, 3.63) is 39.7 Å². The van der Waals surface area contributed by atoms with Crippen LogP contribution in [0.4, 0.5) is 10.5 Å². The van der Waals surface area contributed by atoms with Gasteiger partial charge in [0.1, 0.15) is 0 Å². The number of hydrogen-bond donors (Lipinski definition) is 1. The molecule has 21 heavy (non-hydrogen) atoms. The fourth-order valence-electron chi connectivity index (χ4n) is 1.73. The maximum Gasteiger partial charge on any atom is 0.322 e. The second-order valence-corrected chi connectivity index (χ2v) is 6.04. The number of rotatable bonds is 5. The average Bonchev–Trinajstić information content (AvgIpc) is 2.90. The molecule has 7 heteroatoms. The number of thiophene rings is 1. The number of nitrogens with zero attached hydrogens (tertiary/aromatic N) is 2. The lowest BCUT2D eigenvalue weighted by atomic mass is 10.4. The zero-order valence-corrected chi connectivity index (χ0v) is 13.4. The summed E-state index contributed by atoms with van der Waals surface area (Å²) in [6.45, 7) is 3.06. The van der Waals surface area contributed by atoms with E-state index in [1.165, 1.54) is 11.3 Å². The SMILES string of the molecule is CCN(Cc1ccc(Cl)s1)C(=O)Nc1ccc(OC)nc1. The maximum atomic E-state index is 12.2. The van der Waals surface area contributed by atoms with E-state index in [1.54, 1.807) is 30.3 Å². The minimum absolute atomic E-state index is 0.172. The lowest BCUT2D eigenvalue weighted by molar-refractivity contribution is 0.212. The molecule has 2 aromatic rings. The largest absolute Gasteiger partial charge is 0.481 e. The molecule has 0 aliphatic rings. The number of anilines is 1. The number of carbonyl (C=O) groups is 1. The van der Waals surface area contributed by atoms with Gasteiger partial charge in [-0.15, -0.1) is 11.3 Å². The molecule has 0 radical (unpaired) electrons. The van der Waals surface area contributed by atoms with E-state index in [9.17, 15) is 4.79 Å². The molecular weight excluding hydrogens is 310 g/mol. The average molecular weight is 326 g/mol. The van der Waals surface area contributed by atoms with E-state index in [1.807, 2.05) is 19.1 Å². The summed E-state index contributed by atoms with van der Waals surface area (Å²) in [4.78, 5) is 19.0. The van der Waals surface area contributed by atoms with Gasteiger partial charge in [-0.05, 0) is 25.1 Å². The van der Waals surface area contributed by atoms with Crippen molar-refractivity contribution in [1.29, 1.82) is 0 Å². The van der Waals surface area contributed by atoms with Crippen LogP contribution in [0.15, 0.2) is 30.5 Å². The summed E-state index contributed by atoms with van der Waals surface area (Å²) >= 11 is 7.38. The zero-order chi connectivity index (χ0) is 15.2. The van der Waals surface area contributed by atoms with Crippen molar-refractivity contribution < 1.29 is 9.53 Å². The Morgan fingerprint density at radius 3 is 2.76 bits per heavy atom. The molecule has 0 unspecified atom stereocenters. The molecule has 2 heterocycles. The van der Waals surface area contributed by atoms with Crippen LogP contribution in [0.5, 0.6) is 5.88 Å². The molecule has 0 saturated carbocycles. The number of ether oxygens (including phenoxy) is 1. The fraction of sp³-hybridized carbons (Fsp3) is 0.286. The van der Waals surface area contributed by atoms with Crippen molar-refractivity contribution in [2.24, 2.45) is 0 Å². The van der Waals surface area contributed by atoms with Gasteiger partial charge in [-0.25, -0.2) is 9.78 Å². The third-order valence-corrected chi connectivity index (χ3v) is 4.06. The molecule has 0 spiro atoms. The summed E-state index contributed by atoms with van der Waals surface area (Å²) in [5.41, 5.74) is 0.628. The Balaban J connectivity index is 1.98. The van der Waals surface area contributed by atoms with Crippen molar-refractivity contribution in [3.63, 3.8) is 0 Å². The van der Waals surface area contributed by atoms with Crippen LogP contribution in [-0.4, -0.2) is 29.6 Å². The first-order chi connectivity index (χ1) is 10.1. The maximum absolute atomic E-state index is 12.2. The van der Waals surface area contributed by atoms with E-state index < -0.39 is 0 Å². The van der Waals surface area contributed by atoms with Crippen molar-refractivity contribution in [2.45, 2.75) is 13.5 Å². The Labute approximate surface area is 132 Å². The highest BCUT2D eigenvalue weighted by Crippen LogP contribution is 2.23. The molecule has 0 bridgehead atoms. The Kier molecular flexibility index (Phi) is 5.41. The van der Waals surface area contributed by atoms with Crippen LogP contribution < -0.4 is 10.1 Å². The van der Waals surface area contributed by atoms with Gasteiger partial charge in [0.15, 0.2) is 0 Å². The van der Waals surface area contributed by atoms with Crippen molar-refractivity contribution in [3.8, 4) is 5.88 Å². The van der Waals surface area contributed by atoms with Gasteiger partial charge in [0, 0.05) is 17.5 Å². The first-order valence-corrected chi connectivity index (χ1v) is 7.62. The molecule has 2 rings (SSSR count). The number of halogens is 1. The topological polar surface area (TPSA) is 54.5 Å². The van der Waals surface area contributed by atoms with Crippen molar-refractivity contribution in [2.75, 3.05) is 19.0 Å². The summed E-state index contributed by atoms with van der Waals surface area (Å²) < 4.78 is 5.70. The summed E-state index contributed by atoms with van der Waals surface area (Å²) in [5, 5.41) is 2.81. The van der Waals surface area contributed by atoms with E-state index in [-0.39, 0.29) is 6.03 Å². The minimum Gasteiger partial charge on any atom is -0.481 e. The third-order valence-electron chi connectivity index (χ3n) is 2.84. The van der Waals surface area contributed by atoms with Crippen LogP contribution in [0, 0.1) is 0 Å². The number of carbonyl (C=O) groups excluding carboxylic acids is 1. The van der Waals surface area contributed by atoms with Gasteiger partial charge in [0.2, 0.25) is 5.88 Å². The van der Waals surface area contributed by atoms with E-state index in [4.69, 9.17) is 16.3 Å². The predicted octanol–water partition coefficient (Wildman–Crippen LogP) is 3.86. The molecule has 0 atom stereocenters. The van der Waals surface area contributed by atoms with Crippen LogP contribution in [0.25, 0.3) is 0 Å². The number of hydrogen-bond acceptors (Lipinski definition) is 4. The van der Waals surface area contributed by atoms with Gasteiger partial charge >= 0.3 is 6.03 Å². The molecule has 0 saturated heterocycles. The Hall–Kier alpha value is -1.79. The number of aromatic nitrogens is 1. The third kappa shape index (κ3) is 4.34. The normalized spacial score (nSPS) is 10.2. The standard InChI is InChI=1S/C14H16ClN3O2S/c1-3-18(9-11-5-6-12(15)21-11)14(19)17-10-4-7-13(20-2)16-8-10/h4-8H,3,9H2,1-2H3,(H,17,19). The van der Waals surface area contributed by atoms with E-state index in [2.05, 4.69) is 10.3 Å². The number of methoxy groups -OCH3 is 1. The summed E-state index contributed by atoms with van der Waals surface area (Å²) in [5.74, 6) is 0.508. The molecule has 5 nitrogen and oxygen atoms in total. The highest BCUT2D eigenvalue weighted by Gasteiger charge is 2.13. The first-order valence-electron chi connectivity index (χ1n) is 6.42. The molecule has 2 aromatic heterocycles. The predicted molar refractivity (Wildman–Crippen MR) is 85.2 cm³/mol. The van der Waals surface area contributed by atoms with Gasteiger partial charge < -0.3 is 15.0 Å². The Morgan fingerprint density at radius 1 is 1.43 bits per heavy atom. The van der Waals surface area contributed by atoms with Crippen LogP contribution in [-0.2, 0) is 6.54 Å². The summed E-state index contributed by atoms with van der Waals surface area (Å²) in [6.07, 6.45) is 1.56. The first kappa shape index (κ1) is 15.6. The smallest absolute Gasteiger partial charge is 0.322 e. The van der Waals surface area contributed by atoms with Crippen molar-refractivity contribution in [1.82, 2.24) is 9.88 Å². The Morgan fingerprint density at radius 2 is 2.24 bits per heavy atom. The van der Waals surface area contributed by atoms with E-state index in [0.717, 1.165) is 9.21 Å². The number of urea groups is 1. The van der Waals surface area contributed by atoms with Crippen LogP contribution in [0.1, 0.15) is 11.8 Å². The van der Waals surface area contributed by atoms with Crippen LogP contribution in [0.2, 0.25) is 4.34 Å². The summed E-state index contributed by atoms with van der Waals surface area (Å²) in [6, 6.07) is 7.04. The molecule has 0 aliphatic carbocycles. The van der Waals surface area contributed by atoms with Gasteiger partial charge in [-0.3, -0.25) is 0 Å². The van der Waals surface area contributed by atoms with Gasteiger partial charge in [-0.1, -0.05) is 11.6 Å². The lowest BCUT2D eigenvalue weighted by Crippen LogP contribution is -2.34. The molecule has 0 fully saturated rings. The lowest BCUT2D eigenvalue weighted by Gasteiger charge is -2.20. The molecule has 2 amide bonds. The zero-order valence-electron chi connectivity index (χ0n) is 11.8. The number of nitrogens with one attached hydrogen (secondary N) is 1. The fourth-order valence-corrected chi connectivity index (χ4v) is 2.83. The summed E-state index contributed by atoms with van der Waals surface area (Å²) in [7, 11) is 1.55. The Bertz CT molecular complexity index is 601. The molecule has 1 N–H and O–H groups in total. The van der Waals surface area contributed by atoms with E-state index in [0.29, 0.717) is 24.7 Å². The second-order valence-electron chi connectivity index (χ2n) is 4.24. The molecule has 0 aliphatic heterocycles. The van der Waals surface area contributed by atoms with Crippen LogP contribution >= 0.6 is 22.9 Å². The highest BCUT2D eigenvalue weighted by atomic mass is 35.5. The monoisotopic (exact) mass is 325 g/mol. The molecule has 0 aromatic carbocycles.